The number of aromatic nitrogens is 2. The van der Waals surface area contributed by atoms with Crippen molar-refractivity contribution in [3.8, 4) is 11.3 Å². The zero-order valence-electron chi connectivity index (χ0n) is 15.5. The van der Waals surface area contributed by atoms with Crippen LogP contribution < -0.4 is 15.5 Å². The summed E-state index contributed by atoms with van der Waals surface area (Å²) in [6.45, 7) is 3.08. The molecule has 0 radical (unpaired) electrons. The molecule has 1 aromatic heterocycles. The standard InChI is InChI=1S/C21H21N5O2/c1-14(19-23-13-18(25-19)15-6-3-2-4-7-15)24-20(27)16-8-5-9-17(12-16)26-11-10-22-21(26)28/h2-9,12-14H,10-11H2,1H3,(H,22,28)(H,23,25)(H,24,27). The van der Waals surface area contributed by atoms with E-state index in [9.17, 15) is 9.59 Å². The Morgan fingerprint density at radius 2 is 2.00 bits per heavy atom. The van der Waals surface area contributed by atoms with Gasteiger partial charge in [0.15, 0.2) is 0 Å². The summed E-state index contributed by atoms with van der Waals surface area (Å²) in [6, 6.07) is 16.5. The second-order valence-electron chi connectivity index (χ2n) is 6.68. The van der Waals surface area contributed by atoms with Crippen molar-refractivity contribution in [3.05, 3.63) is 72.2 Å². The first kappa shape index (κ1) is 17.8. The van der Waals surface area contributed by atoms with Crippen molar-refractivity contribution in [2.75, 3.05) is 18.0 Å². The van der Waals surface area contributed by atoms with E-state index in [1.54, 1.807) is 29.3 Å². The predicted molar refractivity (Wildman–Crippen MR) is 107 cm³/mol. The van der Waals surface area contributed by atoms with Crippen LogP contribution in [0.4, 0.5) is 10.5 Å². The van der Waals surface area contributed by atoms with Crippen molar-refractivity contribution in [1.82, 2.24) is 20.6 Å². The molecule has 1 saturated heterocycles. The van der Waals surface area contributed by atoms with Crippen LogP contribution in [0.15, 0.2) is 60.8 Å². The van der Waals surface area contributed by atoms with Gasteiger partial charge in [-0.1, -0.05) is 36.4 Å². The van der Waals surface area contributed by atoms with Gasteiger partial charge in [0, 0.05) is 24.3 Å². The van der Waals surface area contributed by atoms with Crippen LogP contribution in [0.25, 0.3) is 11.3 Å². The number of nitrogens with zero attached hydrogens (tertiary/aromatic N) is 2. The van der Waals surface area contributed by atoms with Crippen LogP contribution in [0, 0.1) is 0 Å². The first-order valence-corrected chi connectivity index (χ1v) is 9.18. The number of urea groups is 1. The monoisotopic (exact) mass is 375 g/mol. The molecule has 0 spiro atoms. The van der Waals surface area contributed by atoms with E-state index < -0.39 is 0 Å². The van der Waals surface area contributed by atoms with Crippen molar-refractivity contribution in [2.24, 2.45) is 0 Å². The molecule has 1 unspecified atom stereocenters. The molecular weight excluding hydrogens is 354 g/mol. The normalized spacial score (nSPS) is 14.6. The summed E-state index contributed by atoms with van der Waals surface area (Å²) in [4.78, 5) is 33.8. The number of imidazole rings is 1. The number of hydrogen-bond acceptors (Lipinski definition) is 3. The average Bonchev–Trinajstić information content (AvgIpc) is 3.38. The number of aromatic amines is 1. The topological polar surface area (TPSA) is 90.1 Å². The van der Waals surface area contributed by atoms with Crippen LogP contribution in [0.2, 0.25) is 0 Å². The minimum absolute atomic E-state index is 0.144. The van der Waals surface area contributed by atoms with E-state index in [4.69, 9.17) is 0 Å². The molecule has 2 aromatic carbocycles. The van der Waals surface area contributed by atoms with Crippen LogP contribution >= 0.6 is 0 Å². The summed E-state index contributed by atoms with van der Waals surface area (Å²) in [7, 11) is 0. The van der Waals surface area contributed by atoms with Gasteiger partial charge in [0.25, 0.3) is 5.91 Å². The molecule has 0 saturated carbocycles. The van der Waals surface area contributed by atoms with E-state index in [0.29, 0.717) is 30.2 Å². The third kappa shape index (κ3) is 3.59. The number of carbonyl (C=O) groups is 2. The van der Waals surface area contributed by atoms with E-state index in [0.717, 1.165) is 11.3 Å². The second kappa shape index (κ2) is 7.56. The summed E-state index contributed by atoms with van der Waals surface area (Å²) >= 11 is 0. The molecule has 1 fully saturated rings. The van der Waals surface area contributed by atoms with Crippen molar-refractivity contribution >= 4 is 17.6 Å². The molecule has 3 N–H and O–H groups in total. The van der Waals surface area contributed by atoms with Gasteiger partial charge in [-0.05, 0) is 30.7 Å². The number of rotatable bonds is 5. The molecule has 1 atom stereocenters. The third-order valence-corrected chi connectivity index (χ3v) is 4.71. The SMILES string of the molecule is CC(NC(=O)c1cccc(N2CCNC2=O)c1)c1ncc(-c2ccccc2)[nH]1. The molecule has 3 amide bonds. The molecular formula is C21H21N5O2. The van der Waals surface area contributed by atoms with Gasteiger partial charge in [-0.25, -0.2) is 9.78 Å². The summed E-state index contributed by atoms with van der Waals surface area (Å²) in [5, 5.41) is 5.71. The largest absolute Gasteiger partial charge is 0.342 e. The molecule has 0 aliphatic carbocycles. The fraction of sp³-hybridized carbons (Fsp3) is 0.190. The van der Waals surface area contributed by atoms with Crippen molar-refractivity contribution in [2.45, 2.75) is 13.0 Å². The van der Waals surface area contributed by atoms with E-state index >= 15 is 0 Å². The van der Waals surface area contributed by atoms with Crippen LogP contribution in [0.5, 0.6) is 0 Å². The Bertz CT molecular complexity index is 999. The Kier molecular flexibility index (Phi) is 4.80. The molecule has 28 heavy (non-hydrogen) atoms. The van der Waals surface area contributed by atoms with Gasteiger partial charge < -0.3 is 15.6 Å². The lowest BCUT2D eigenvalue weighted by molar-refractivity contribution is 0.0938. The molecule has 4 rings (SSSR count). The van der Waals surface area contributed by atoms with E-state index in [2.05, 4.69) is 20.6 Å². The highest BCUT2D eigenvalue weighted by molar-refractivity contribution is 5.98. The van der Waals surface area contributed by atoms with Gasteiger partial charge in [0.1, 0.15) is 5.82 Å². The molecule has 7 nitrogen and oxygen atoms in total. The van der Waals surface area contributed by atoms with Gasteiger partial charge >= 0.3 is 6.03 Å². The van der Waals surface area contributed by atoms with Crippen LogP contribution in [-0.2, 0) is 0 Å². The number of carbonyl (C=O) groups excluding carboxylic acids is 2. The quantitative estimate of drug-likeness (QED) is 0.640. The zero-order chi connectivity index (χ0) is 19.5. The van der Waals surface area contributed by atoms with Crippen LogP contribution in [0.3, 0.4) is 0 Å². The molecule has 142 valence electrons. The highest BCUT2D eigenvalue weighted by Gasteiger charge is 2.22. The number of hydrogen-bond donors (Lipinski definition) is 3. The first-order valence-electron chi connectivity index (χ1n) is 9.18. The smallest absolute Gasteiger partial charge is 0.321 e. The Morgan fingerprint density at radius 3 is 2.75 bits per heavy atom. The maximum absolute atomic E-state index is 12.7. The van der Waals surface area contributed by atoms with Gasteiger partial charge in [0.05, 0.1) is 17.9 Å². The summed E-state index contributed by atoms with van der Waals surface area (Å²) in [5.74, 6) is 0.467. The lowest BCUT2D eigenvalue weighted by Crippen LogP contribution is -2.29. The van der Waals surface area contributed by atoms with Crippen LogP contribution in [0.1, 0.15) is 29.1 Å². The third-order valence-electron chi connectivity index (χ3n) is 4.71. The summed E-state index contributed by atoms with van der Waals surface area (Å²) in [6.07, 6.45) is 1.76. The Hall–Kier alpha value is -3.61. The highest BCUT2D eigenvalue weighted by Crippen LogP contribution is 2.21. The average molecular weight is 375 g/mol. The van der Waals surface area contributed by atoms with Crippen LogP contribution in [-0.4, -0.2) is 35.0 Å². The Morgan fingerprint density at radius 1 is 1.18 bits per heavy atom. The van der Waals surface area contributed by atoms with E-state index in [1.807, 2.05) is 43.3 Å². The van der Waals surface area contributed by atoms with Gasteiger partial charge in [-0.2, -0.15) is 0 Å². The fourth-order valence-corrected chi connectivity index (χ4v) is 3.20. The van der Waals surface area contributed by atoms with Crippen molar-refractivity contribution in [1.29, 1.82) is 0 Å². The summed E-state index contributed by atoms with van der Waals surface area (Å²) < 4.78 is 0. The lowest BCUT2D eigenvalue weighted by Gasteiger charge is -2.16. The van der Waals surface area contributed by atoms with E-state index in [1.165, 1.54) is 0 Å². The molecule has 3 aromatic rings. The van der Waals surface area contributed by atoms with Crippen molar-refractivity contribution in [3.63, 3.8) is 0 Å². The van der Waals surface area contributed by atoms with Gasteiger partial charge in [-0.3, -0.25) is 9.69 Å². The number of anilines is 1. The minimum Gasteiger partial charge on any atom is -0.342 e. The molecule has 7 heteroatoms. The fourth-order valence-electron chi connectivity index (χ4n) is 3.20. The lowest BCUT2D eigenvalue weighted by atomic mass is 10.1. The molecule has 1 aliphatic rings. The summed E-state index contributed by atoms with van der Waals surface area (Å²) in [5.41, 5.74) is 3.15. The first-order chi connectivity index (χ1) is 13.6. The second-order valence-corrected chi connectivity index (χ2v) is 6.68. The minimum atomic E-state index is -0.288. The predicted octanol–water partition coefficient (Wildman–Crippen LogP) is 3.10. The van der Waals surface area contributed by atoms with Crippen molar-refractivity contribution < 1.29 is 9.59 Å². The zero-order valence-corrected chi connectivity index (χ0v) is 15.5. The van der Waals surface area contributed by atoms with E-state index in [-0.39, 0.29) is 18.0 Å². The van der Waals surface area contributed by atoms with Gasteiger partial charge in [0.2, 0.25) is 0 Å². The Balaban J connectivity index is 1.46. The number of nitrogens with one attached hydrogen (secondary N) is 3. The molecule has 2 heterocycles. The number of amides is 3. The Labute approximate surface area is 162 Å². The molecule has 1 aliphatic heterocycles. The maximum atomic E-state index is 12.7. The number of benzene rings is 2. The number of H-pyrrole nitrogens is 1. The molecule has 0 bridgehead atoms. The highest BCUT2D eigenvalue weighted by atomic mass is 16.2. The van der Waals surface area contributed by atoms with Gasteiger partial charge in [-0.15, -0.1) is 0 Å². The maximum Gasteiger partial charge on any atom is 0.321 e.